The third-order valence-electron chi connectivity index (χ3n) is 7.57. The summed E-state index contributed by atoms with van der Waals surface area (Å²) in [6.07, 6.45) is 6.54. The molecule has 1 aromatic carbocycles. The van der Waals surface area contributed by atoms with Crippen molar-refractivity contribution in [1.29, 1.82) is 0 Å². The first-order chi connectivity index (χ1) is 19.3. The Bertz CT molecular complexity index is 953. The summed E-state index contributed by atoms with van der Waals surface area (Å²) in [5.41, 5.74) is 0.757. The van der Waals surface area contributed by atoms with Crippen molar-refractivity contribution in [2.45, 2.75) is 89.9 Å². The Morgan fingerprint density at radius 3 is 2.15 bits per heavy atom. The van der Waals surface area contributed by atoms with Gasteiger partial charge in [0.05, 0.1) is 13.2 Å². The smallest absolute Gasteiger partial charge is 0.335 e. The van der Waals surface area contributed by atoms with Crippen LogP contribution in [0.3, 0.4) is 0 Å². The molecule has 41 heavy (non-hydrogen) atoms. The zero-order chi connectivity index (χ0) is 31.1. The molecular formula is C32H46F4O5. The van der Waals surface area contributed by atoms with Gasteiger partial charge in [-0.05, 0) is 69.8 Å². The van der Waals surface area contributed by atoms with Crippen molar-refractivity contribution >= 4 is 12.3 Å². The van der Waals surface area contributed by atoms with Gasteiger partial charge in [-0.1, -0.05) is 57.2 Å². The monoisotopic (exact) mass is 586 g/mol. The highest BCUT2D eigenvalue weighted by molar-refractivity contribution is 5.86. The topological polar surface area (TPSA) is 83.8 Å². The summed E-state index contributed by atoms with van der Waals surface area (Å²) >= 11 is 0. The van der Waals surface area contributed by atoms with Gasteiger partial charge in [0.1, 0.15) is 6.29 Å². The van der Waals surface area contributed by atoms with Crippen LogP contribution in [0.25, 0.3) is 0 Å². The molecule has 1 saturated carbocycles. The van der Waals surface area contributed by atoms with Crippen LogP contribution in [0, 0.1) is 17.8 Å². The summed E-state index contributed by atoms with van der Waals surface area (Å²) in [5, 5.41) is 17.5. The first kappa shape index (κ1) is 36.5. The third kappa shape index (κ3) is 11.7. The standard InChI is InChI=1S/C28H40F4O3.C4H6O2/c1-4-5-6-7-21-10-14-24(15-11-21)27(29,30)28(31,32)25-16-12-22(13-17-25)8-9-23(18-33)19-35-26(34)20(2)3;1-4(2-5)3-6/h10-11,14-15,22-23,25,33H,2,4-9,12-13,16-19H2,1,3H3;2,6H,1,3H2. The van der Waals surface area contributed by atoms with Crippen LogP contribution in [-0.4, -0.2) is 48.2 Å². The Hall–Kier alpha value is -2.52. The fourth-order valence-electron chi connectivity index (χ4n) is 4.78. The lowest BCUT2D eigenvalue weighted by Crippen LogP contribution is -2.45. The van der Waals surface area contributed by atoms with E-state index < -0.39 is 29.3 Å². The van der Waals surface area contributed by atoms with Gasteiger partial charge in [-0.3, -0.25) is 4.79 Å². The lowest BCUT2D eigenvalue weighted by molar-refractivity contribution is -0.249. The van der Waals surface area contributed by atoms with Crippen LogP contribution >= 0.6 is 0 Å². The predicted molar refractivity (Wildman–Crippen MR) is 152 cm³/mol. The Kier molecular flexibility index (Phi) is 16.1. The van der Waals surface area contributed by atoms with Crippen molar-refractivity contribution in [2.24, 2.45) is 17.8 Å². The van der Waals surface area contributed by atoms with Gasteiger partial charge < -0.3 is 14.9 Å². The fourth-order valence-corrected chi connectivity index (χ4v) is 4.78. The van der Waals surface area contributed by atoms with Crippen molar-refractivity contribution in [3.8, 4) is 0 Å². The van der Waals surface area contributed by atoms with Crippen molar-refractivity contribution in [3.63, 3.8) is 0 Å². The van der Waals surface area contributed by atoms with Gasteiger partial charge in [-0.25, -0.2) is 4.79 Å². The quantitative estimate of drug-likeness (QED) is 0.0704. The van der Waals surface area contributed by atoms with Crippen LogP contribution < -0.4 is 0 Å². The maximum atomic E-state index is 15.0. The van der Waals surface area contributed by atoms with Gasteiger partial charge >= 0.3 is 17.8 Å². The lowest BCUT2D eigenvalue weighted by atomic mass is 9.74. The number of benzene rings is 1. The van der Waals surface area contributed by atoms with E-state index in [2.05, 4.69) is 20.1 Å². The number of rotatable bonds is 16. The molecule has 1 unspecified atom stereocenters. The van der Waals surface area contributed by atoms with E-state index in [0.717, 1.165) is 43.4 Å². The van der Waals surface area contributed by atoms with Crippen molar-refractivity contribution < 1.29 is 42.1 Å². The molecule has 0 heterocycles. The van der Waals surface area contributed by atoms with Crippen LogP contribution in [0.1, 0.15) is 82.8 Å². The van der Waals surface area contributed by atoms with Crippen molar-refractivity contribution in [1.82, 2.24) is 0 Å². The maximum absolute atomic E-state index is 15.0. The largest absolute Gasteiger partial charge is 0.462 e. The molecule has 1 fully saturated rings. The van der Waals surface area contributed by atoms with E-state index in [1.165, 1.54) is 19.1 Å². The van der Waals surface area contributed by atoms with E-state index in [4.69, 9.17) is 9.84 Å². The molecule has 5 nitrogen and oxygen atoms in total. The van der Waals surface area contributed by atoms with Gasteiger partial charge in [-0.2, -0.15) is 17.6 Å². The van der Waals surface area contributed by atoms with Gasteiger partial charge in [0.2, 0.25) is 0 Å². The third-order valence-corrected chi connectivity index (χ3v) is 7.57. The minimum absolute atomic E-state index is 0.0385. The number of esters is 1. The Morgan fingerprint density at radius 1 is 1.07 bits per heavy atom. The van der Waals surface area contributed by atoms with Crippen LogP contribution in [0.4, 0.5) is 17.6 Å². The Labute approximate surface area is 241 Å². The summed E-state index contributed by atoms with van der Waals surface area (Å²) in [6.45, 7) is 9.98. The van der Waals surface area contributed by atoms with Crippen molar-refractivity contribution in [3.05, 3.63) is 59.7 Å². The molecular weight excluding hydrogens is 540 g/mol. The summed E-state index contributed by atoms with van der Waals surface area (Å²) in [5.74, 6) is -10.3. The van der Waals surface area contributed by atoms with Gasteiger partial charge in [0.25, 0.3) is 0 Å². The molecule has 2 N–H and O–H groups in total. The van der Waals surface area contributed by atoms with E-state index in [1.807, 2.05) is 0 Å². The second kappa shape index (κ2) is 18.1. The van der Waals surface area contributed by atoms with Crippen LogP contribution in [-0.2, 0) is 26.7 Å². The summed E-state index contributed by atoms with van der Waals surface area (Å²) < 4.78 is 65.0. The number of ether oxygens (including phenoxy) is 1. The first-order valence-corrected chi connectivity index (χ1v) is 14.4. The second-order valence-electron chi connectivity index (χ2n) is 11.0. The number of halogens is 4. The summed E-state index contributed by atoms with van der Waals surface area (Å²) in [6, 6.07) is 5.38. The van der Waals surface area contributed by atoms with Gasteiger partial charge in [0, 0.05) is 35.2 Å². The molecule has 0 radical (unpaired) electrons. The molecule has 2 rings (SSSR count). The molecule has 0 spiro atoms. The lowest BCUT2D eigenvalue weighted by Gasteiger charge is -2.37. The minimum Gasteiger partial charge on any atom is -0.462 e. The number of aryl methyl sites for hydroxylation is 1. The number of aliphatic hydroxyl groups excluding tert-OH is 2. The van der Waals surface area contributed by atoms with E-state index in [0.29, 0.717) is 32.0 Å². The zero-order valence-corrected chi connectivity index (χ0v) is 24.4. The molecule has 1 atom stereocenters. The number of carbonyl (C=O) groups excluding carboxylic acids is 2. The number of aldehydes is 1. The summed E-state index contributed by atoms with van der Waals surface area (Å²) in [4.78, 5) is 21.0. The average molecular weight is 587 g/mol. The molecule has 1 aromatic rings. The average Bonchev–Trinajstić information content (AvgIpc) is 2.97. The Balaban J connectivity index is 0.00000126. The SMILES string of the molecule is C=C(C)C(=O)OCC(CO)CCC1CCC(C(F)(F)C(F)(F)c2ccc(CCCCC)cc2)CC1.C=C(C=O)CO. The van der Waals surface area contributed by atoms with E-state index in [9.17, 15) is 23.5 Å². The molecule has 0 amide bonds. The molecule has 9 heteroatoms. The normalized spacial score (nSPS) is 18.0. The van der Waals surface area contributed by atoms with Crippen LogP contribution in [0.2, 0.25) is 0 Å². The number of alkyl halides is 4. The van der Waals surface area contributed by atoms with Crippen LogP contribution in [0.5, 0.6) is 0 Å². The number of hydrogen-bond acceptors (Lipinski definition) is 5. The van der Waals surface area contributed by atoms with Crippen molar-refractivity contribution in [2.75, 3.05) is 19.8 Å². The maximum Gasteiger partial charge on any atom is 0.335 e. The number of hydrogen-bond donors (Lipinski definition) is 2. The molecule has 0 aromatic heterocycles. The minimum atomic E-state index is -4.22. The number of carbonyl (C=O) groups is 2. The fraction of sp³-hybridized carbons (Fsp3) is 0.625. The number of aliphatic hydroxyl groups is 2. The highest BCUT2D eigenvalue weighted by atomic mass is 19.3. The highest BCUT2D eigenvalue weighted by Crippen LogP contribution is 2.52. The number of unbranched alkanes of at least 4 members (excludes halogenated alkanes) is 2. The zero-order valence-electron chi connectivity index (χ0n) is 24.4. The van der Waals surface area contributed by atoms with Gasteiger partial charge in [0.15, 0.2) is 0 Å². The predicted octanol–water partition coefficient (Wildman–Crippen LogP) is 7.19. The van der Waals surface area contributed by atoms with E-state index in [1.54, 1.807) is 0 Å². The van der Waals surface area contributed by atoms with E-state index in [-0.39, 0.29) is 55.6 Å². The molecule has 0 bridgehead atoms. The Morgan fingerprint density at radius 2 is 1.68 bits per heavy atom. The molecule has 232 valence electrons. The highest BCUT2D eigenvalue weighted by Gasteiger charge is 2.61. The molecule has 1 aliphatic carbocycles. The molecule has 1 aliphatic rings. The summed E-state index contributed by atoms with van der Waals surface area (Å²) in [7, 11) is 0. The molecule has 0 aliphatic heterocycles. The van der Waals surface area contributed by atoms with Crippen LogP contribution in [0.15, 0.2) is 48.6 Å². The van der Waals surface area contributed by atoms with Gasteiger partial charge in [-0.15, -0.1) is 0 Å². The molecule has 0 saturated heterocycles. The second-order valence-corrected chi connectivity index (χ2v) is 11.0. The first-order valence-electron chi connectivity index (χ1n) is 14.4. The van der Waals surface area contributed by atoms with E-state index >= 15 is 8.78 Å².